The van der Waals surface area contributed by atoms with Crippen molar-refractivity contribution < 1.29 is 13.6 Å². The van der Waals surface area contributed by atoms with E-state index in [1.165, 1.54) is 0 Å². The van der Waals surface area contributed by atoms with E-state index in [0.717, 1.165) is 41.9 Å². The zero-order valence-electron chi connectivity index (χ0n) is 14.6. The Bertz CT molecular complexity index is 866. The van der Waals surface area contributed by atoms with Crippen molar-refractivity contribution in [2.75, 3.05) is 0 Å². The van der Waals surface area contributed by atoms with Crippen LogP contribution < -0.4 is 5.32 Å². The molecule has 0 saturated heterocycles. The van der Waals surface area contributed by atoms with E-state index in [1.807, 2.05) is 36.4 Å². The minimum absolute atomic E-state index is 0.0684. The number of nitrogens with zero attached hydrogens (tertiary/aromatic N) is 1. The Morgan fingerprint density at radius 2 is 2.12 bits per heavy atom. The van der Waals surface area contributed by atoms with Crippen LogP contribution >= 0.6 is 0 Å². The fraction of sp³-hybridized carbons (Fsp3) is 0.333. The molecule has 1 atom stereocenters. The number of aromatic nitrogens is 1. The van der Waals surface area contributed by atoms with Gasteiger partial charge in [0.1, 0.15) is 5.76 Å². The maximum atomic E-state index is 12.3. The first-order valence-corrected chi connectivity index (χ1v) is 9.15. The van der Waals surface area contributed by atoms with Crippen LogP contribution in [0, 0.1) is 0 Å². The maximum absolute atomic E-state index is 12.3. The molecule has 2 heterocycles. The smallest absolute Gasteiger partial charge is 0.220 e. The van der Waals surface area contributed by atoms with Gasteiger partial charge < -0.3 is 14.2 Å². The number of amides is 1. The SMILES string of the molecule is O=C(CCCc1ncc(-c2ccccc2)o1)NC1CCCc2occc21. The van der Waals surface area contributed by atoms with Gasteiger partial charge in [-0.1, -0.05) is 30.3 Å². The van der Waals surface area contributed by atoms with Gasteiger partial charge in [-0.25, -0.2) is 4.98 Å². The first kappa shape index (κ1) is 16.6. The summed E-state index contributed by atoms with van der Waals surface area (Å²) in [6.45, 7) is 0. The van der Waals surface area contributed by atoms with E-state index < -0.39 is 0 Å². The molecule has 0 spiro atoms. The monoisotopic (exact) mass is 350 g/mol. The number of carbonyl (C=O) groups excluding carboxylic acids is 1. The van der Waals surface area contributed by atoms with Crippen LogP contribution in [-0.2, 0) is 17.6 Å². The summed E-state index contributed by atoms with van der Waals surface area (Å²) >= 11 is 0. The summed E-state index contributed by atoms with van der Waals surface area (Å²) in [4.78, 5) is 16.6. The van der Waals surface area contributed by atoms with E-state index in [1.54, 1.807) is 12.5 Å². The van der Waals surface area contributed by atoms with Gasteiger partial charge in [-0.05, 0) is 25.3 Å². The molecule has 2 aromatic heterocycles. The number of oxazole rings is 1. The Labute approximate surface area is 152 Å². The molecule has 1 aliphatic rings. The van der Waals surface area contributed by atoms with Gasteiger partial charge >= 0.3 is 0 Å². The second-order valence-corrected chi connectivity index (χ2v) is 6.65. The molecule has 1 N–H and O–H groups in total. The highest BCUT2D eigenvalue weighted by Gasteiger charge is 2.23. The van der Waals surface area contributed by atoms with Crippen LogP contribution in [0.5, 0.6) is 0 Å². The summed E-state index contributed by atoms with van der Waals surface area (Å²) in [5.74, 6) is 2.51. The molecule has 26 heavy (non-hydrogen) atoms. The van der Waals surface area contributed by atoms with Crippen LogP contribution in [0.1, 0.15) is 48.9 Å². The van der Waals surface area contributed by atoms with Crippen molar-refractivity contribution in [3.63, 3.8) is 0 Å². The lowest BCUT2D eigenvalue weighted by molar-refractivity contribution is -0.122. The third-order valence-corrected chi connectivity index (χ3v) is 4.79. The standard InChI is InChI=1S/C21H22N2O3/c24-20(23-17-8-4-9-18-16(17)12-13-25-18)10-5-11-21-22-14-19(26-21)15-6-2-1-3-7-15/h1-3,6-7,12-14,17H,4-5,8-11H2,(H,23,24). The summed E-state index contributed by atoms with van der Waals surface area (Å²) in [5.41, 5.74) is 2.14. The molecule has 1 aliphatic carbocycles. The molecule has 4 rings (SSSR count). The van der Waals surface area contributed by atoms with E-state index in [4.69, 9.17) is 8.83 Å². The molecule has 1 unspecified atom stereocenters. The van der Waals surface area contributed by atoms with Crippen LogP contribution in [-0.4, -0.2) is 10.9 Å². The fourth-order valence-electron chi connectivity index (χ4n) is 3.46. The highest BCUT2D eigenvalue weighted by Crippen LogP contribution is 2.30. The Kier molecular flexibility index (Phi) is 4.86. The molecule has 0 aliphatic heterocycles. The first-order chi connectivity index (χ1) is 12.8. The van der Waals surface area contributed by atoms with E-state index >= 15 is 0 Å². The van der Waals surface area contributed by atoms with E-state index in [9.17, 15) is 4.79 Å². The van der Waals surface area contributed by atoms with E-state index in [0.29, 0.717) is 25.2 Å². The molecule has 1 amide bonds. The van der Waals surface area contributed by atoms with Gasteiger partial charge in [0, 0.05) is 30.4 Å². The molecule has 134 valence electrons. The highest BCUT2D eigenvalue weighted by atomic mass is 16.4. The molecular weight excluding hydrogens is 328 g/mol. The average molecular weight is 350 g/mol. The maximum Gasteiger partial charge on any atom is 0.220 e. The van der Waals surface area contributed by atoms with Crippen LogP contribution in [0.2, 0.25) is 0 Å². The summed E-state index contributed by atoms with van der Waals surface area (Å²) in [5, 5.41) is 3.13. The lowest BCUT2D eigenvalue weighted by Gasteiger charge is -2.22. The van der Waals surface area contributed by atoms with Crippen molar-refractivity contribution >= 4 is 5.91 Å². The number of benzene rings is 1. The van der Waals surface area contributed by atoms with Crippen molar-refractivity contribution in [1.29, 1.82) is 0 Å². The zero-order valence-corrected chi connectivity index (χ0v) is 14.6. The second-order valence-electron chi connectivity index (χ2n) is 6.65. The van der Waals surface area contributed by atoms with Crippen molar-refractivity contribution in [1.82, 2.24) is 10.3 Å². The minimum atomic E-state index is 0.0684. The molecular formula is C21H22N2O3. The Balaban J connectivity index is 1.27. The number of hydrogen-bond donors (Lipinski definition) is 1. The minimum Gasteiger partial charge on any atom is -0.469 e. The van der Waals surface area contributed by atoms with E-state index in [-0.39, 0.29) is 11.9 Å². The average Bonchev–Trinajstić information content (AvgIpc) is 3.32. The molecule has 0 saturated carbocycles. The van der Waals surface area contributed by atoms with Gasteiger partial charge in [0.15, 0.2) is 11.7 Å². The number of fused-ring (bicyclic) bond motifs is 1. The Morgan fingerprint density at radius 3 is 3.00 bits per heavy atom. The van der Waals surface area contributed by atoms with Gasteiger partial charge in [0.2, 0.25) is 5.91 Å². The Hall–Kier alpha value is -2.82. The van der Waals surface area contributed by atoms with E-state index in [2.05, 4.69) is 10.3 Å². The number of carbonyl (C=O) groups is 1. The third-order valence-electron chi connectivity index (χ3n) is 4.79. The lowest BCUT2D eigenvalue weighted by atomic mass is 9.93. The van der Waals surface area contributed by atoms with Crippen LogP contribution in [0.4, 0.5) is 0 Å². The highest BCUT2D eigenvalue weighted by molar-refractivity contribution is 5.76. The second kappa shape index (κ2) is 7.60. The Morgan fingerprint density at radius 1 is 1.23 bits per heavy atom. The van der Waals surface area contributed by atoms with Crippen molar-refractivity contribution in [2.45, 2.75) is 44.6 Å². The quantitative estimate of drug-likeness (QED) is 0.713. The molecule has 0 bridgehead atoms. The van der Waals surface area contributed by atoms with Gasteiger partial charge in [0.25, 0.3) is 0 Å². The summed E-state index contributed by atoms with van der Waals surface area (Å²) in [6, 6.07) is 11.9. The van der Waals surface area contributed by atoms with Gasteiger partial charge in [0.05, 0.1) is 18.5 Å². The number of aryl methyl sites for hydroxylation is 2. The number of hydrogen-bond acceptors (Lipinski definition) is 4. The molecule has 3 aromatic rings. The van der Waals surface area contributed by atoms with Gasteiger partial charge in [-0.2, -0.15) is 0 Å². The van der Waals surface area contributed by atoms with Crippen molar-refractivity contribution in [3.8, 4) is 11.3 Å². The molecule has 1 aromatic carbocycles. The largest absolute Gasteiger partial charge is 0.469 e. The van der Waals surface area contributed by atoms with Crippen molar-refractivity contribution in [2.24, 2.45) is 0 Å². The zero-order chi connectivity index (χ0) is 17.8. The number of rotatable bonds is 6. The fourth-order valence-corrected chi connectivity index (χ4v) is 3.46. The molecule has 5 heteroatoms. The van der Waals surface area contributed by atoms with Crippen molar-refractivity contribution in [3.05, 3.63) is 66.1 Å². The third kappa shape index (κ3) is 3.72. The molecule has 5 nitrogen and oxygen atoms in total. The first-order valence-electron chi connectivity index (χ1n) is 9.15. The molecule has 0 radical (unpaired) electrons. The predicted molar refractivity (Wildman–Crippen MR) is 97.4 cm³/mol. The van der Waals surface area contributed by atoms with Crippen LogP contribution in [0.3, 0.4) is 0 Å². The predicted octanol–water partition coefficient (Wildman–Crippen LogP) is 4.45. The van der Waals surface area contributed by atoms with Gasteiger partial charge in [-0.3, -0.25) is 4.79 Å². The summed E-state index contributed by atoms with van der Waals surface area (Å²) < 4.78 is 11.3. The van der Waals surface area contributed by atoms with Gasteiger partial charge in [-0.15, -0.1) is 0 Å². The normalized spacial score (nSPS) is 16.2. The molecule has 0 fully saturated rings. The van der Waals surface area contributed by atoms with Crippen LogP contribution in [0.15, 0.2) is 57.7 Å². The topological polar surface area (TPSA) is 68.3 Å². The lowest BCUT2D eigenvalue weighted by Crippen LogP contribution is -2.30. The number of furan rings is 1. The summed E-state index contributed by atoms with van der Waals surface area (Å²) in [7, 11) is 0. The summed E-state index contributed by atoms with van der Waals surface area (Å²) in [6.07, 6.45) is 8.26. The van der Waals surface area contributed by atoms with Crippen LogP contribution in [0.25, 0.3) is 11.3 Å². The number of nitrogens with one attached hydrogen (secondary N) is 1.